The van der Waals surface area contributed by atoms with Crippen molar-refractivity contribution in [3.05, 3.63) is 34.3 Å². The molecule has 0 saturated carbocycles. The van der Waals surface area contributed by atoms with Crippen molar-refractivity contribution in [2.24, 2.45) is 4.99 Å². The van der Waals surface area contributed by atoms with Crippen LogP contribution < -0.4 is 16.0 Å². The maximum atomic E-state index is 11.7. The number of hydrogen-bond acceptors (Lipinski definition) is 2. The molecule has 5 nitrogen and oxygen atoms in total. The van der Waals surface area contributed by atoms with Crippen LogP contribution >= 0.6 is 39.9 Å². The lowest BCUT2D eigenvalue weighted by Crippen LogP contribution is -2.39. The molecule has 3 N–H and O–H groups in total. The zero-order valence-electron chi connectivity index (χ0n) is 10.9. The van der Waals surface area contributed by atoms with E-state index >= 15 is 0 Å². The Kier molecular flexibility index (Phi) is 9.58. The average Bonchev–Trinajstić information content (AvgIpc) is 2.39. The lowest BCUT2D eigenvalue weighted by Gasteiger charge is -2.09. The molecule has 0 bridgehead atoms. The number of nitrogens with one attached hydrogen (secondary N) is 3. The summed E-state index contributed by atoms with van der Waals surface area (Å²) < 4.78 is 0.957. The lowest BCUT2D eigenvalue weighted by atomic mass is 10.2. The summed E-state index contributed by atoms with van der Waals surface area (Å²) in [5.74, 6) is 0.622. The van der Waals surface area contributed by atoms with E-state index in [0.29, 0.717) is 24.6 Å². The highest BCUT2D eigenvalue weighted by Crippen LogP contribution is 2.10. The molecule has 106 valence electrons. The van der Waals surface area contributed by atoms with Gasteiger partial charge in [-0.1, -0.05) is 15.9 Å². The van der Waals surface area contributed by atoms with E-state index in [4.69, 9.17) is 0 Å². The topological polar surface area (TPSA) is 65.5 Å². The number of rotatable bonds is 4. The fourth-order valence-electron chi connectivity index (χ4n) is 1.34. The van der Waals surface area contributed by atoms with Gasteiger partial charge in [-0.15, -0.1) is 24.0 Å². The number of halogens is 2. The Hall–Kier alpha value is -0.830. The van der Waals surface area contributed by atoms with Crippen molar-refractivity contribution in [1.29, 1.82) is 0 Å². The molecule has 0 aliphatic heterocycles. The van der Waals surface area contributed by atoms with Crippen LogP contribution in [0.25, 0.3) is 0 Å². The summed E-state index contributed by atoms with van der Waals surface area (Å²) in [7, 11) is 3.48. The van der Waals surface area contributed by atoms with Gasteiger partial charge >= 0.3 is 0 Å². The van der Waals surface area contributed by atoms with E-state index in [0.717, 1.165) is 4.47 Å². The summed E-state index contributed by atoms with van der Waals surface area (Å²) in [4.78, 5) is 15.7. The van der Waals surface area contributed by atoms with Gasteiger partial charge in [0.05, 0.1) is 0 Å². The Morgan fingerprint density at radius 2 is 1.79 bits per heavy atom. The lowest BCUT2D eigenvalue weighted by molar-refractivity contribution is 0.0954. The van der Waals surface area contributed by atoms with Crippen LogP contribution in [0.3, 0.4) is 0 Å². The van der Waals surface area contributed by atoms with Crippen LogP contribution in [-0.2, 0) is 0 Å². The third kappa shape index (κ3) is 6.76. The molecule has 0 radical (unpaired) electrons. The average molecular weight is 441 g/mol. The standard InChI is InChI=1S/C12H17BrN4O.HI/c1-14-12(15-2)17-8-7-16-11(18)9-3-5-10(13)6-4-9;/h3-6H,7-8H2,1-2H3,(H,16,18)(H2,14,15,17);1H. The number of carbonyl (C=O) groups is 1. The Morgan fingerprint density at radius 3 is 2.32 bits per heavy atom. The van der Waals surface area contributed by atoms with Gasteiger partial charge in [-0.3, -0.25) is 9.79 Å². The van der Waals surface area contributed by atoms with Crippen LogP contribution in [0, 0.1) is 0 Å². The van der Waals surface area contributed by atoms with Gasteiger partial charge in [-0.05, 0) is 24.3 Å². The highest BCUT2D eigenvalue weighted by Gasteiger charge is 2.03. The Morgan fingerprint density at radius 1 is 1.21 bits per heavy atom. The molecule has 0 aliphatic carbocycles. The van der Waals surface area contributed by atoms with Crippen LogP contribution in [0.5, 0.6) is 0 Å². The highest BCUT2D eigenvalue weighted by molar-refractivity contribution is 14.0. The van der Waals surface area contributed by atoms with Gasteiger partial charge in [0.15, 0.2) is 5.96 Å². The molecule has 1 aromatic rings. The van der Waals surface area contributed by atoms with Gasteiger partial charge in [-0.25, -0.2) is 0 Å². The van der Waals surface area contributed by atoms with Gasteiger partial charge < -0.3 is 16.0 Å². The monoisotopic (exact) mass is 440 g/mol. The zero-order valence-corrected chi connectivity index (χ0v) is 14.8. The summed E-state index contributed by atoms with van der Waals surface area (Å²) in [5.41, 5.74) is 0.649. The smallest absolute Gasteiger partial charge is 0.251 e. The minimum atomic E-state index is -0.0799. The second-order valence-electron chi connectivity index (χ2n) is 3.51. The summed E-state index contributed by atoms with van der Waals surface area (Å²) >= 11 is 3.33. The summed E-state index contributed by atoms with van der Waals surface area (Å²) in [6.45, 7) is 1.16. The van der Waals surface area contributed by atoms with Crippen LogP contribution in [0.2, 0.25) is 0 Å². The van der Waals surface area contributed by atoms with Crippen molar-refractivity contribution in [3.63, 3.8) is 0 Å². The van der Waals surface area contributed by atoms with Gasteiger partial charge in [0, 0.05) is 37.2 Å². The van der Waals surface area contributed by atoms with Crippen LogP contribution in [-0.4, -0.2) is 39.1 Å². The number of hydrogen-bond donors (Lipinski definition) is 3. The first-order valence-corrected chi connectivity index (χ1v) is 6.39. The van der Waals surface area contributed by atoms with Crippen molar-refractivity contribution in [1.82, 2.24) is 16.0 Å². The predicted molar refractivity (Wildman–Crippen MR) is 92.3 cm³/mol. The van der Waals surface area contributed by atoms with Gasteiger partial charge in [0.25, 0.3) is 5.91 Å². The minimum Gasteiger partial charge on any atom is -0.359 e. The predicted octanol–water partition coefficient (Wildman–Crippen LogP) is 1.59. The molecule has 0 fully saturated rings. The second kappa shape index (κ2) is 10.0. The van der Waals surface area contributed by atoms with Crippen molar-refractivity contribution >= 4 is 51.8 Å². The van der Waals surface area contributed by atoms with Gasteiger partial charge in [0.2, 0.25) is 0 Å². The van der Waals surface area contributed by atoms with E-state index in [1.807, 2.05) is 12.1 Å². The summed E-state index contributed by atoms with van der Waals surface area (Å²) in [6, 6.07) is 7.24. The van der Waals surface area contributed by atoms with E-state index in [9.17, 15) is 4.79 Å². The van der Waals surface area contributed by atoms with E-state index < -0.39 is 0 Å². The molecule has 0 spiro atoms. The second-order valence-corrected chi connectivity index (χ2v) is 4.43. The molecular formula is C12H18BrIN4O. The molecule has 0 unspecified atom stereocenters. The molecule has 7 heteroatoms. The van der Waals surface area contributed by atoms with Crippen LogP contribution in [0.15, 0.2) is 33.7 Å². The number of aliphatic imine (C=N–C) groups is 1. The molecule has 0 aliphatic rings. The molecule has 0 saturated heterocycles. The molecule has 0 heterocycles. The van der Waals surface area contributed by atoms with Crippen LogP contribution in [0.1, 0.15) is 10.4 Å². The Balaban J connectivity index is 0.00000324. The SMILES string of the molecule is CN=C(NC)NCCNC(=O)c1ccc(Br)cc1.I. The highest BCUT2D eigenvalue weighted by atomic mass is 127. The Labute approximate surface area is 138 Å². The largest absolute Gasteiger partial charge is 0.359 e. The summed E-state index contributed by atoms with van der Waals surface area (Å²) in [6.07, 6.45) is 0. The van der Waals surface area contributed by atoms with Crippen molar-refractivity contribution in [2.45, 2.75) is 0 Å². The first kappa shape index (κ1) is 18.2. The van der Waals surface area contributed by atoms with Crippen molar-refractivity contribution in [2.75, 3.05) is 27.2 Å². The zero-order chi connectivity index (χ0) is 13.4. The molecule has 1 amide bonds. The van der Waals surface area contributed by atoms with Gasteiger partial charge in [0.1, 0.15) is 0 Å². The summed E-state index contributed by atoms with van der Waals surface area (Å²) in [5, 5.41) is 8.77. The quantitative estimate of drug-likeness (QED) is 0.288. The minimum absolute atomic E-state index is 0. The number of benzene rings is 1. The van der Waals surface area contributed by atoms with E-state index in [1.165, 1.54) is 0 Å². The fraction of sp³-hybridized carbons (Fsp3) is 0.333. The Bertz CT molecular complexity index is 422. The molecule has 1 rings (SSSR count). The number of nitrogens with zero attached hydrogens (tertiary/aromatic N) is 1. The molecular weight excluding hydrogens is 423 g/mol. The van der Waals surface area contributed by atoms with Crippen molar-refractivity contribution < 1.29 is 4.79 Å². The molecule has 1 aromatic carbocycles. The van der Waals surface area contributed by atoms with Gasteiger partial charge in [-0.2, -0.15) is 0 Å². The fourth-order valence-corrected chi connectivity index (χ4v) is 1.60. The molecule has 0 aromatic heterocycles. The molecule has 19 heavy (non-hydrogen) atoms. The maximum Gasteiger partial charge on any atom is 0.251 e. The maximum absolute atomic E-state index is 11.7. The van der Waals surface area contributed by atoms with E-state index in [-0.39, 0.29) is 29.9 Å². The first-order chi connectivity index (χ1) is 8.67. The molecule has 0 atom stereocenters. The third-order valence-electron chi connectivity index (χ3n) is 2.27. The number of carbonyl (C=O) groups excluding carboxylic acids is 1. The van der Waals surface area contributed by atoms with Crippen molar-refractivity contribution in [3.8, 4) is 0 Å². The van der Waals surface area contributed by atoms with E-state index in [2.05, 4.69) is 36.9 Å². The van der Waals surface area contributed by atoms with E-state index in [1.54, 1.807) is 26.2 Å². The van der Waals surface area contributed by atoms with Crippen LogP contribution in [0.4, 0.5) is 0 Å². The number of amides is 1. The normalized spacial score (nSPS) is 10.4. The third-order valence-corrected chi connectivity index (χ3v) is 2.80. The number of guanidine groups is 1. The first-order valence-electron chi connectivity index (χ1n) is 5.59.